The van der Waals surface area contributed by atoms with Gasteiger partial charge in [0.25, 0.3) is 0 Å². The molecule has 18 N–H and O–H groups in total. The molecule has 0 radical (unpaired) electrons. The summed E-state index contributed by atoms with van der Waals surface area (Å²) in [6, 6.07) is 0. The third-order valence-electron chi connectivity index (χ3n) is 1.91. The summed E-state index contributed by atoms with van der Waals surface area (Å²) < 4.78 is 0. The van der Waals surface area contributed by atoms with Gasteiger partial charge in [-0.25, -0.2) is 0 Å². The molecule has 0 fully saturated rings. The van der Waals surface area contributed by atoms with Gasteiger partial charge in [-0.3, -0.25) is 0 Å². The van der Waals surface area contributed by atoms with E-state index in [0.29, 0.717) is 0 Å². The Labute approximate surface area is 129 Å². The molecular weight excluding hydrogens is 288 g/mol. The summed E-state index contributed by atoms with van der Waals surface area (Å²) in [5.74, 6) is 0. The molecule has 0 unspecified atom stereocenters. The summed E-state index contributed by atoms with van der Waals surface area (Å²) in [6.07, 6.45) is 11.1. The van der Waals surface area contributed by atoms with E-state index in [9.17, 15) is 0 Å². The van der Waals surface area contributed by atoms with E-state index in [2.05, 4.69) is 27.7 Å². The maximum atomic E-state index is 2.23. The van der Waals surface area contributed by atoms with Crippen LogP contribution in [0.4, 0.5) is 0 Å². The van der Waals surface area contributed by atoms with Crippen LogP contribution in [0.15, 0.2) is 0 Å². The predicted molar refractivity (Wildman–Crippen MR) is 92.2 cm³/mol. The van der Waals surface area contributed by atoms with Crippen LogP contribution in [0.5, 0.6) is 0 Å². The second-order valence-electron chi connectivity index (χ2n) is 3.41. The minimum atomic E-state index is 0. The second-order valence-corrected chi connectivity index (χ2v) is 3.41. The standard InChI is InChI=1S/2C6H14.9H2O/c2*1-3-5-6-4-2;;;;;;;;;/h2*3-6H2,1-2H3;9*1H2. The molecule has 0 saturated heterocycles. The predicted octanol–water partition coefficient (Wildman–Crippen LogP) is -2.25. The molecule has 0 spiro atoms. The van der Waals surface area contributed by atoms with E-state index >= 15 is 0 Å². The number of unbranched alkanes of at least 4 members (excludes halogenated alkanes) is 6. The van der Waals surface area contributed by atoms with Gasteiger partial charge in [0.15, 0.2) is 0 Å². The van der Waals surface area contributed by atoms with Crippen LogP contribution in [0.1, 0.15) is 79.1 Å². The van der Waals surface area contributed by atoms with E-state index in [0.717, 1.165) is 0 Å². The van der Waals surface area contributed by atoms with Crippen LogP contribution in [0, 0.1) is 0 Å². The molecule has 0 heterocycles. The molecule has 0 amide bonds. The molecule has 9 nitrogen and oxygen atoms in total. The Morgan fingerprint density at radius 3 is 0.429 bits per heavy atom. The van der Waals surface area contributed by atoms with Crippen molar-refractivity contribution in [2.75, 3.05) is 0 Å². The molecule has 0 aromatic rings. The molecule has 9 heteroatoms. The van der Waals surface area contributed by atoms with Crippen LogP contribution in [-0.4, -0.2) is 49.3 Å². The Balaban J connectivity index is -0.00000000741. The van der Waals surface area contributed by atoms with E-state index in [1.807, 2.05) is 0 Å². The molecule has 0 saturated carbocycles. The minimum absolute atomic E-state index is 0. The average molecular weight is 334 g/mol. The van der Waals surface area contributed by atoms with Crippen molar-refractivity contribution in [3.63, 3.8) is 0 Å². The highest BCUT2D eigenvalue weighted by Gasteiger charge is 1.75. The van der Waals surface area contributed by atoms with E-state index in [1.165, 1.54) is 51.4 Å². The SMILES string of the molecule is CCCCCC.CCCCCC.O.O.O.O.O.O.O.O.O. The van der Waals surface area contributed by atoms with Crippen molar-refractivity contribution in [2.24, 2.45) is 0 Å². The highest BCUT2D eigenvalue weighted by atomic mass is 16.0. The molecule has 0 aliphatic heterocycles. The Morgan fingerprint density at radius 2 is 0.381 bits per heavy atom. The first-order valence-electron chi connectivity index (χ1n) is 5.83. The van der Waals surface area contributed by atoms with Crippen LogP contribution < -0.4 is 0 Å². The van der Waals surface area contributed by atoms with Crippen LogP contribution in [-0.2, 0) is 0 Å². The van der Waals surface area contributed by atoms with Gasteiger partial charge in [0.05, 0.1) is 0 Å². The zero-order valence-corrected chi connectivity index (χ0v) is 14.2. The number of rotatable bonds is 6. The lowest BCUT2D eigenvalue weighted by Gasteiger charge is -1.86. The summed E-state index contributed by atoms with van der Waals surface area (Å²) in [5, 5.41) is 0. The van der Waals surface area contributed by atoms with E-state index in [1.54, 1.807) is 0 Å². The van der Waals surface area contributed by atoms with Gasteiger partial charge in [0.1, 0.15) is 0 Å². The third-order valence-corrected chi connectivity index (χ3v) is 1.91. The molecule has 0 aromatic heterocycles. The van der Waals surface area contributed by atoms with Gasteiger partial charge in [-0.15, -0.1) is 0 Å². The van der Waals surface area contributed by atoms with E-state index in [-0.39, 0.29) is 49.3 Å². The summed E-state index contributed by atoms with van der Waals surface area (Å²) in [7, 11) is 0. The lowest BCUT2D eigenvalue weighted by Crippen LogP contribution is -1.66. The summed E-state index contributed by atoms with van der Waals surface area (Å²) in [6.45, 7) is 8.93. The van der Waals surface area contributed by atoms with Gasteiger partial charge in [-0.1, -0.05) is 79.1 Å². The van der Waals surface area contributed by atoms with Crippen molar-refractivity contribution < 1.29 is 49.3 Å². The monoisotopic (exact) mass is 334 g/mol. The quantitative estimate of drug-likeness (QED) is 0.465. The van der Waals surface area contributed by atoms with Crippen molar-refractivity contribution in [1.29, 1.82) is 0 Å². The number of hydrogen-bond donors (Lipinski definition) is 0. The van der Waals surface area contributed by atoms with Crippen molar-refractivity contribution >= 4 is 0 Å². The van der Waals surface area contributed by atoms with E-state index < -0.39 is 0 Å². The summed E-state index contributed by atoms with van der Waals surface area (Å²) in [4.78, 5) is 0. The molecule has 148 valence electrons. The highest BCUT2D eigenvalue weighted by molar-refractivity contribution is 4.31. The Morgan fingerprint density at radius 1 is 0.286 bits per heavy atom. The maximum Gasteiger partial charge on any atom is -0.0536 e. The topological polar surface area (TPSA) is 284 Å². The Bertz CT molecular complexity index is 52.7. The molecule has 0 aliphatic carbocycles. The largest absolute Gasteiger partial charge is 0.412 e. The van der Waals surface area contributed by atoms with Gasteiger partial charge >= 0.3 is 0 Å². The van der Waals surface area contributed by atoms with E-state index in [4.69, 9.17) is 0 Å². The van der Waals surface area contributed by atoms with Crippen molar-refractivity contribution in [2.45, 2.75) is 79.1 Å². The lowest BCUT2D eigenvalue weighted by atomic mass is 10.2. The highest BCUT2D eigenvalue weighted by Crippen LogP contribution is 1.95. The van der Waals surface area contributed by atoms with Gasteiger partial charge in [-0.05, 0) is 0 Å². The zero-order chi connectivity index (χ0) is 9.66. The van der Waals surface area contributed by atoms with Gasteiger partial charge < -0.3 is 49.3 Å². The molecule has 0 aromatic carbocycles. The van der Waals surface area contributed by atoms with Crippen molar-refractivity contribution in [3.8, 4) is 0 Å². The van der Waals surface area contributed by atoms with Gasteiger partial charge in [-0.2, -0.15) is 0 Å². The fourth-order valence-corrected chi connectivity index (χ4v) is 1.000. The summed E-state index contributed by atoms with van der Waals surface area (Å²) in [5.41, 5.74) is 0. The first kappa shape index (κ1) is 85.7. The van der Waals surface area contributed by atoms with Crippen molar-refractivity contribution in [1.82, 2.24) is 0 Å². The van der Waals surface area contributed by atoms with Gasteiger partial charge in [0.2, 0.25) is 0 Å². The molecule has 21 heavy (non-hydrogen) atoms. The maximum absolute atomic E-state index is 2.23. The molecule has 0 rings (SSSR count). The second kappa shape index (κ2) is 117. The normalized spacial score (nSPS) is 5.14. The molecule has 0 atom stereocenters. The lowest BCUT2D eigenvalue weighted by molar-refractivity contribution is 0.702. The smallest absolute Gasteiger partial charge is 0.0536 e. The summed E-state index contributed by atoms with van der Waals surface area (Å²) >= 11 is 0. The molecular formula is C12H46O9. The molecule has 0 aliphatic rings. The fourth-order valence-electron chi connectivity index (χ4n) is 1.000. The average Bonchev–Trinajstić information content (AvgIpc) is 2.12. The Kier molecular flexibility index (Phi) is 477. The van der Waals surface area contributed by atoms with Crippen LogP contribution >= 0.6 is 0 Å². The van der Waals surface area contributed by atoms with Crippen LogP contribution in [0.25, 0.3) is 0 Å². The first-order chi connectivity index (χ1) is 5.83. The minimum Gasteiger partial charge on any atom is -0.412 e. The molecule has 0 bridgehead atoms. The van der Waals surface area contributed by atoms with Gasteiger partial charge in [0, 0.05) is 0 Å². The zero-order valence-electron chi connectivity index (χ0n) is 14.2. The third kappa shape index (κ3) is 192. The van der Waals surface area contributed by atoms with Crippen molar-refractivity contribution in [3.05, 3.63) is 0 Å². The van der Waals surface area contributed by atoms with Crippen LogP contribution in [0.2, 0.25) is 0 Å². The number of hydrogen-bond acceptors (Lipinski definition) is 0. The Hall–Kier alpha value is -0.360. The van der Waals surface area contributed by atoms with Crippen LogP contribution in [0.3, 0.4) is 0 Å². The fraction of sp³-hybridized carbons (Fsp3) is 1.00. The first-order valence-corrected chi connectivity index (χ1v) is 5.83.